The molecule has 7 heteroatoms. The van der Waals surface area contributed by atoms with Crippen molar-refractivity contribution in [3.8, 4) is 16.9 Å². The predicted molar refractivity (Wildman–Crippen MR) is 76.8 cm³/mol. The van der Waals surface area contributed by atoms with Crippen molar-refractivity contribution in [1.82, 2.24) is 4.72 Å². The van der Waals surface area contributed by atoms with Crippen LogP contribution in [0.3, 0.4) is 0 Å². The molecule has 0 unspecified atom stereocenters. The van der Waals surface area contributed by atoms with Crippen molar-refractivity contribution >= 4 is 16.1 Å². The van der Waals surface area contributed by atoms with Gasteiger partial charge in [0, 0.05) is 0 Å². The summed E-state index contributed by atoms with van der Waals surface area (Å²) >= 11 is 0. The Bertz CT molecular complexity index is 736. The molecule has 0 heterocycles. The largest absolute Gasteiger partial charge is 0.497 e. The van der Waals surface area contributed by atoms with Crippen LogP contribution in [0.4, 0.5) is 4.79 Å². The van der Waals surface area contributed by atoms with Gasteiger partial charge in [0.2, 0.25) is 0 Å². The van der Waals surface area contributed by atoms with E-state index in [9.17, 15) is 13.2 Å². The number of nitrogens with one attached hydrogen (secondary N) is 1. The molecule has 0 aliphatic rings. The molecular weight excluding hydrogens is 294 g/mol. The van der Waals surface area contributed by atoms with E-state index in [-0.39, 0.29) is 4.90 Å². The Morgan fingerprint density at radius 2 is 1.48 bits per heavy atom. The minimum absolute atomic E-state index is 0.109. The zero-order valence-electron chi connectivity index (χ0n) is 11.1. The summed E-state index contributed by atoms with van der Waals surface area (Å²) < 4.78 is 29.9. The Morgan fingerprint density at radius 3 is 1.90 bits per heavy atom. The number of carbonyl (C=O) groups is 1. The second kappa shape index (κ2) is 5.84. The van der Waals surface area contributed by atoms with E-state index in [4.69, 9.17) is 9.84 Å². The number of amides is 1. The normalized spacial score (nSPS) is 10.9. The molecule has 2 aromatic carbocycles. The molecular formula is C14H13NO5S. The summed E-state index contributed by atoms with van der Waals surface area (Å²) in [4.78, 5) is 10.3. The summed E-state index contributed by atoms with van der Waals surface area (Å²) in [7, 11) is -2.47. The van der Waals surface area contributed by atoms with Gasteiger partial charge in [-0.3, -0.25) is 0 Å². The summed E-state index contributed by atoms with van der Waals surface area (Å²) in [5, 5.41) is 8.49. The predicted octanol–water partition coefficient (Wildman–Crippen LogP) is 2.32. The highest BCUT2D eigenvalue weighted by molar-refractivity contribution is 7.90. The third-order valence-electron chi connectivity index (χ3n) is 2.81. The lowest BCUT2D eigenvalue weighted by Crippen LogP contribution is -2.28. The number of ether oxygens (including phenoxy) is 1. The van der Waals surface area contributed by atoms with Gasteiger partial charge in [-0.15, -0.1) is 0 Å². The van der Waals surface area contributed by atoms with Gasteiger partial charge in [-0.25, -0.2) is 17.9 Å². The van der Waals surface area contributed by atoms with Crippen molar-refractivity contribution in [3.05, 3.63) is 48.5 Å². The fourth-order valence-corrected chi connectivity index (χ4v) is 2.63. The average Bonchev–Trinajstić information content (AvgIpc) is 2.46. The number of benzene rings is 2. The van der Waals surface area contributed by atoms with E-state index in [1.54, 1.807) is 31.4 Å². The van der Waals surface area contributed by atoms with Crippen molar-refractivity contribution in [1.29, 1.82) is 0 Å². The standard InChI is InChI=1S/C14H13NO5S/c1-20-12-6-2-10(3-7-12)11-4-8-13(9-5-11)21(18,19)15-14(16)17/h2-9,15H,1H3,(H,16,17). The van der Waals surface area contributed by atoms with E-state index in [1.807, 2.05) is 12.1 Å². The fraction of sp³-hybridized carbons (Fsp3) is 0.0714. The van der Waals surface area contributed by atoms with Crippen LogP contribution in [0.2, 0.25) is 0 Å². The molecule has 0 fully saturated rings. The maximum Gasteiger partial charge on any atom is 0.418 e. The summed E-state index contributed by atoms with van der Waals surface area (Å²) in [6.45, 7) is 0. The van der Waals surface area contributed by atoms with Gasteiger partial charge in [-0.2, -0.15) is 0 Å². The topological polar surface area (TPSA) is 92.7 Å². The third kappa shape index (κ3) is 3.51. The number of hydrogen-bond acceptors (Lipinski definition) is 4. The van der Waals surface area contributed by atoms with E-state index in [0.717, 1.165) is 16.9 Å². The molecule has 110 valence electrons. The highest BCUT2D eigenvalue weighted by Crippen LogP contribution is 2.23. The molecule has 0 atom stereocenters. The Morgan fingerprint density at radius 1 is 1.00 bits per heavy atom. The Labute approximate surface area is 122 Å². The van der Waals surface area contributed by atoms with Gasteiger partial charge in [0.05, 0.1) is 12.0 Å². The van der Waals surface area contributed by atoms with E-state index in [1.165, 1.54) is 16.9 Å². The Kier molecular flexibility index (Phi) is 4.13. The summed E-state index contributed by atoms with van der Waals surface area (Å²) in [5.41, 5.74) is 1.71. The first-order valence-electron chi connectivity index (χ1n) is 5.92. The zero-order chi connectivity index (χ0) is 15.5. The van der Waals surface area contributed by atoms with Gasteiger partial charge >= 0.3 is 6.09 Å². The first-order valence-corrected chi connectivity index (χ1v) is 7.41. The van der Waals surface area contributed by atoms with Crippen LogP contribution in [0.15, 0.2) is 53.4 Å². The molecule has 2 aromatic rings. The minimum atomic E-state index is -4.04. The first kappa shape index (κ1) is 14.9. The number of carboxylic acid groups (broad SMARTS) is 1. The van der Waals surface area contributed by atoms with E-state index in [0.29, 0.717) is 0 Å². The molecule has 0 aliphatic heterocycles. The van der Waals surface area contributed by atoms with Gasteiger partial charge < -0.3 is 9.84 Å². The van der Waals surface area contributed by atoms with Gasteiger partial charge in [-0.05, 0) is 35.4 Å². The summed E-state index contributed by atoms with van der Waals surface area (Å²) in [5.74, 6) is 0.726. The quantitative estimate of drug-likeness (QED) is 0.904. The lowest BCUT2D eigenvalue weighted by atomic mass is 10.1. The van der Waals surface area contributed by atoms with Crippen LogP contribution in [-0.2, 0) is 10.0 Å². The van der Waals surface area contributed by atoms with Crippen LogP contribution in [0, 0.1) is 0 Å². The highest BCUT2D eigenvalue weighted by atomic mass is 32.2. The van der Waals surface area contributed by atoms with Crippen molar-refractivity contribution in [3.63, 3.8) is 0 Å². The monoisotopic (exact) mass is 307 g/mol. The molecule has 6 nitrogen and oxygen atoms in total. The smallest absolute Gasteiger partial charge is 0.418 e. The number of sulfonamides is 1. The Hall–Kier alpha value is -2.54. The SMILES string of the molecule is COc1ccc(-c2ccc(S(=O)(=O)NC(=O)O)cc2)cc1. The van der Waals surface area contributed by atoms with Crippen molar-refractivity contribution in [2.45, 2.75) is 4.90 Å². The fourth-order valence-electron chi connectivity index (χ4n) is 1.78. The second-order valence-corrected chi connectivity index (χ2v) is 5.85. The molecule has 0 bridgehead atoms. The molecule has 0 spiro atoms. The van der Waals surface area contributed by atoms with E-state index < -0.39 is 16.1 Å². The van der Waals surface area contributed by atoms with Crippen LogP contribution in [-0.4, -0.2) is 26.7 Å². The van der Waals surface area contributed by atoms with E-state index in [2.05, 4.69) is 0 Å². The van der Waals surface area contributed by atoms with E-state index >= 15 is 0 Å². The first-order chi connectivity index (χ1) is 9.92. The van der Waals surface area contributed by atoms with Crippen molar-refractivity contribution in [2.24, 2.45) is 0 Å². The van der Waals surface area contributed by atoms with Crippen LogP contribution in [0.25, 0.3) is 11.1 Å². The Balaban J connectivity index is 2.28. The summed E-state index contributed by atoms with van der Waals surface area (Å²) in [6, 6.07) is 13.2. The lowest BCUT2D eigenvalue weighted by molar-refractivity contribution is 0.201. The molecule has 0 aliphatic carbocycles. The molecule has 0 aromatic heterocycles. The molecule has 0 radical (unpaired) electrons. The van der Waals surface area contributed by atoms with Crippen molar-refractivity contribution < 1.29 is 23.1 Å². The van der Waals surface area contributed by atoms with Crippen LogP contribution >= 0.6 is 0 Å². The number of hydrogen-bond donors (Lipinski definition) is 2. The summed E-state index contributed by atoms with van der Waals surface area (Å²) in [6.07, 6.45) is -1.62. The average molecular weight is 307 g/mol. The molecule has 0 saturated heterocycles. The van der Waals surface area contributed by atoms with Gasteiger partial charge in [0.25, 0.3) is 10.0 Å². The highest BCUT2D eigenvalue weighted by Gasteiger charge is 2.16. The van der Waals surface area contributed by atoms with Crippen LogP contribution < -0.4 is 9.46 Å². The second-order valence-electron chi connectivity index (χ2n) is 4.16. The number of methoxy groups -OCH3 is 1. The van der Waals surface area contributed by atoms with Gasteiger partial charge in [0.1, 0.15) is 5.75 Å². The number of rotatable bonds is 4. The maximum absolute atomic E-state index is 11.7. The third-order valence-corrected chi connectivity index (χ3v) is 4.15. The lowest BCUT2D eigenvalue weighted by Gasteiger charge is -2.06. The molecule has 0 saturated carbocycles. The zero-order valence-corrected chi connectivity index (χ0v) is 11.9. The molecule has 21 heavy (non-hydrogen) atoms. The molecule has 1 amide bonds. The van der Waals surface area contributed by atoms with Crippen molar-refractivity contribution in [2.75, 3.05) is 7.11 Å². The maximum atomic E-state index is 11.7. The van der Waals surface area contributed by atoms with Crippen LogP contribution in [0.5, 0.6) is 5.75 Å². The van der Waals surface area contributed by atoms with Gasteiger partial charge in [0.15, 0.2) is 0 Å². The molecule has 2 rings (SSSR count). The molecule has 2 N–H and O–H groups in total. The van der Waals surface area contributed by atoms with Gasteiger partial charge in [-0.1, -0.05) is 24.3 Å². The minimum Gasteiger partial charge on any atom is -0.497 e. The van der Waals surface area contributed by atoms with Crippen LogP contribution in [0.1, 0.15) is 0 Å².